The maximum atomic E-state index is 15.2. The standard InChI is InChI=1S/C24H29BrF4N2O5S/c1-21(2,3)35-19(32)31(20(33)36-22(4,5)6)18-30-23(15-10-14(25)7-8-16(15)26)12-34-17(24(27,28)29)9-13(23)11-37-18/h7-8,10,13,17H,9,11-12H2,1-6H3. The maximum absolute atomic E-state index is 15.2. The van der Waals surface area contributed by atoms with Crippen molar-refractivity contribution in [2.24, 2.45) is 10.9 Å². The van der Waals surface area contributed by atoms with Gasteiger partial charge in [-0.15, -0.1) is 0 Å². The van der Waals surface area contributed by atoms with Gasteiger partial charge in [0.05, 0.1) is 6.61 Å². The van der Waals surface area contributed by atoms with Crippen LogP contribution in [0.2, 0.25) is 0 Å². The summed E-state index contributed by atoms with van der Waals surface area (Å²) in [6, 6.07) is 4.03. The highest BCUT2D eigenvalue weighted by Gasteiger charge is 2.56. The molecule has 13 heteroatoms. The van der Waals surface area contributed by atoms with Crippen LogP contribution in [0, 0.1) is 11.7 Å². The average molecular weight is 613 g/mol. The first-order valence-corrected chi connectivity index (χ1v) is 13.2. The number of carbonyl (C=O) groups is 2. The number of hydrogen-bond acceptors (Lipinski definition) is 7. The summed E-state index contributed by atoms with van der Waals surface area (Å²) >= 11 is 4.18. The number of halogens is 5. The first kappa shape index (κ1) is 29.7. The smallest absolute Gasteiger partial charge is 0.426 e. The highest BCUT2D eigenvalue weighted by molar-refractivity contribution is 9.10. The van der Waals surface area contributed by atoms with Crippen molar-refractivity contribution in [2.75, 3.05) is 12.4 Å². The van der Waals surface area contributed by atoms with E-state index in [1.165, 1.54) is 12.1 Å². The van der Waals surface area contributed by atoms with Crippen molar-refractivity contribution < 1.29 is 41.4 Å². The van der Waals surface area contributed by atoms with Gasteiger partial charge < -0.3 is 14.2 Å². The molecule has 0 N–H and O–H groups in total. The van der Waals surface area contributed by atoms with Crippen LogP contribution in [0.4, 0.5) is 27.2 Å². The first-order chi connectivity index (χ1) is 16.8. The number of amides is 2. The van der Waals surface area contributed by atoms with Gasteiger partial charge in [-0.1, -0.05) is 27.7 Å². The highest BCUT2D eigenvalue weighted by atomic mass is 79.9. The fourth-order valence-electron chi connectivity index (χ4n) is 3.95. The average Bonchev–Trinajstić information content (AvgIpc) is 2.71. The lowest BCUT2D eigenvalue weighted by molar-refractivity contribution is -0.245. The number of benzene rings is 1. The summed E-state index contributed by atoms with van der Waals surface area (Å²) < 4.78 is 72.2. The van der Waals surface area contributed by atoms with E-state index in [4.69, 9.17) is 14.2 Å². The number of ether oxygens (including phenoxy) is 3. The summed E-state index contributed by atoms with van der Waals surface area (Å²) in [4.78, 5) is 31.5. The van der Waals surface area contributed by atoms with E-state index in [-0.39, 0.29) is 16.5 Å². The molecule has 0 radical (unpaired) electrons. The Hall–Kier alpha value is -1.86. The predicted molar refractivity (Wildman–Crippen MR) is 134 cm³/mol. The maximum Gasteiger partial charge on any atom is 0.426 e. The van der Waals surface area contributed by atoms with Gasteiger partial charge in [0.25, 0.3) is 0 Å². The van der Waals surface area contributed by atoms with Crippen LogP contribution in [0.25, 0.3) is 0 Å². The lowest BCUT2D eigenvalue weighted by Crippen LogP contribution is -2.55. The molecule has 37 heavy (non-hydrogen) atoms. The monoisotopic (exact) mass is 612 g/mol. The van der Waals surface area contributed by atoms with E-state index in [9.17, 15) is 22.8 Å². The molecule has 206 valence electrons. The zero-order chi connectivity index (χ0) is 28.0. The second-order valence-corrected chi connectivity index (χ2v) is 12.7. The summed E-state index contributed by atoms with van der Waals surface area (Å²) in [5.74, 6) is -1.52. The summed E-state index contributed by atoms with van der Waals surface area (Å²) in [5.41, 5.74) is -3.62. The minimum atomic E-state index is -4.62. The van der Waals surface area contributed by atoms with Crippen molar-refractivity contribution in [3.05, 3.63) is 34.1 Å². The summed E-state index contributed by atoms with van der Waals surface area (Å²) in [6.45, 7) is 9.02. The molecule has 0 spiro atoms. The van der Waals surface area contributed by atoms with Gasteiger partial charge in [-0.05, 0) is 66.2 Å². The normalized spacial score (nSPS) is 24.6. The van der Waals surface area contributed by atoms with Crippen molar-refractivity contribution in [2.45, 2.75) is 77.0 Å². The van der Waals surface area contributed by atoms with Crippen molar-refractivity contribution >= 4 is 45.0 Å². The molecule has 1 aromatic rings. The molecule has 3 unspecified atom stereocenters. The van der Waals surface area contributed by atoms with E-state index >= 15 is 4.39 Å². The zero-order valence-electron chi connectivity index (χ0n) is 21.2. The lowest BCUT2D eigenvalue weighted by Gasteiger charge is -2.47. The van der Waals surface area contributed by atoms with Gasteiger partial charge in [0.1, 0.15) is 22.6 Å². The molecule has 0 aliphatic carbocycles. The fourth-order valence-corrected chi connectivity index (χ4v) is 5.58. The summed E-state index contributed by atoms with van der Waals surface area (Å²) in [6.07, 6.45) is -9.30. The fraction of sp³-hybridized carbons (Fsp3) is 0.625. The molecule has 1 fully saturated rings. The van der Waals surface area contributed by atoms with Crippen LogP contribution in [-0.2, 0) is 19.7 Å². The number of aliphatic imine (C=N–C) groups is 1. The van der Waals surface area contributed by atoms with Crippen LogP contribution in [0.5, 0.6) is 0 Å². The van der Waals surface area contributed by atoms with E-state index in [0.717, 1.165) is 17.8 Å². The second kappa shape index (κ2) is 10.4. The third-order valence-corrected chi connectivity index (χ3v) is 7.08. The van der Waals surface area contributed by atoms with E-state index < -0.39 is 66.0 Å². The number of rotatable bonds is 1. The highest BCUT2D eigenvalue weighted by Crippen LogP contribution is 2.50. The van der Waals surface area contributed by atoms with Crippen LogP contribution in [0.3, 0.4) is 0 Å². The van der Waals surface area contributed by atoms with Crippen molar-refractivity contribution in [1.29, 1.82) is 0 Å². The number of fused-ring (bicyclic) bond motifs is 1. The minimum Gasteiger partial charge on any atom is -0.443 e. The number of imide groups is 1. The Morgan fingerprint density at radius 3 is 2.19 bits per heavy atom. The molecule has 1 saturated heterocycles. The van der Waals surface area contributed by atoms with Gasteiger partial charge in [-0.2, -0.15) is 18.1 Å². The first-order valence-electron chi connectivity index (χ1n) is 11.4. The van der Waals surface area contributed by atoms with Gasteiger partial charge in [0.2, 0.25) is 0 Å². The predicted octanol–water partition coefficient (Wildman–Crippen LogP) is 7.03. The molecule has 7 nitrogen and oxygen atoms in total. The number of thioether (sulfide) groups is 1. The molecule has 2 aliphatic heterocycles. The molecule has 2 aliphatic rings. The van der Waals surface area contributed by atoms with E-state index in [0.29, 0.717) is 9.37 Å². The van der Waals surface area contributed by atoms with Gasteiger partial charge in [0, 0.05) is 21.7 Å². The van der Waals surface area contributed by atoms with Crippen molar-refractivity contribution in [3.63, 3.8) is 0 Å². The minimum absolute atomic E-state index is 0.00280. The second-order valence-electron chi connectivity index (χ2n) is 10.8. The van der Waals surface area contributed by atoms with E-state index in [2.05, 4.69) is 20.9 Å². The summed E-state index contributed by atoms with van der Waals surface area (Å²) in [5, 5.41) is -0.187. The molecule has 3 atom stereocenters. The Bertz CT molecular complexity index is 1060. The van der Waals surface area contributed by atoms with Crippen molar-refractivity contribution in [1.82, 2.24) is 4.90 Å². The number of carbonyl (C=O) groups excluding carboxylic acids is 2. The topological polar surface area (TPSA) is 77.4 Å². The zero-order valence-corrected chi connectivity index (χ0v) is 23.6. The van der Waals surface area contributed by atoms with Gasteiger partial charge in [0.15, 0.2) is 11.3 Å². The van der Waals surface area contributed by atoms with Crippen molar-refractivity contribution in [3.8, 4) is 0 Å². The van der Waals surface area contributed by atoms with Gasteiger partial charge in [-0.3, -0.25) is 0 Å². The molecule has 0 saturated carbocycles. The van der Waals surface area contributed by atoms with Crippen LogP contribution in [0.15, 0.2) is 27.7 Å². The lowest BCUT2D eigenvalue weighted by atomic mass is 9.75. The molecular formula is C24H29BrF4N2O5S. The molecule has 1 aromatic carbocycles. The Balaban J connectivity index is 2.16. The largest absolute Gasteiger partial charge is 0.443 e. The Morgan fingerprint density at radius 1 is 1.11 bits per heavy atom. The SMILES string of the molecule is CC(C)(C)OC(=O)N(C(=O)OC(C)(C)C)C1=NC2(c3cc(Br)ccc3F)COC(C(F)(F)F)CC2CS1. The van der Waals surface area contributed by atoms with Crippen LogP contribution < -0.4 is 0 Å². The molecule has 0 bridgehead atoms. The Kier molecular flexibility index (Phi) is 8.32. The molecule has 3 rings (SSSR count). The Morgan fingerprint density at radius 2 is 1.68 bits per heavy atom. The van der Waals surface area contributed by atoms with Crippen LogP contribution >= 0.6 is 27.7 Å². The molecular weight excluding hydrogens is 584 g/mol. The van der Waals surface area contributed by atoms with Crippen LogP contribution in [0.1, 0.15) is 53.5 Å². The Labute approximate surface area is 225 Å². The van der Waals surface area contributed by atoms with Gasteiger partial charge in [-0.25, -0.2) is 19.0 Å². The van der Waals surface area contributed by atoms with E-state index in [1.54, 1.807) is 41.5 Å². The van der Waals surface area contributed by atoms with Crippen LogP contribution in [-0.4, -0.2) is 58.1 Å². The molecule has 0 aromatic heterocycles. The van der Waals surface area contributed by atoms with Gasteiger partial charge >= 0.3 is 18.4 Å². The molecule has 2 heterocycles. The third kappa shape index (κ3) is 6.97. The third-order valence-electron chi connectivity index (χ3n) is 5.49. The number of hydrogen-bond donors (Lipinski definition) is 0. The number of amidine groups is 1. The summed E-state index contributed by atoms with van der Waals surface area (Å²) in [7, 11) is 0. The number of alkyl halides is 3. The molecule has 2 amide bonds. The van der Waals surface area contributed by atoms with E-state index in [1.807, 2.05) is 0 Å². The number of nitrogens with zero attached hydrogens (tertiary/aromatic N) is 2. The quantitative estimate of drug-likeness (QED) is 0.317.